The molecular weight excluding hydrogens is 278 g/mol. The van der Waals surface area contributed by atoms with Crippen LogP contribution in [0.25, 0.3) is 0 Å². The molecule has 2 fully saturated rings. The molecule has 3 heteroatoms. The van der Waals surface area contributed by atoms with E-state index in [1.807, 2.05) is 0 Å². The number of ether oxygens (including phenoxy) is 1. The van der Waals surface area contributed by atoms with Crippen molar-refractivity contribution < 1.29 is 4.74 Å². The summed E-state index contributed by atoms with van der Waals surface area (Å²) in [7, 11) is 0. The van der Waals surface area contributed by atoms with Crippen LogP contribution in [0.4, 0.5) is 0 Å². The highest BCUT2D eigenvalue weighted by molar-refractivity contribution is 9.10. The van der Waals surface area contributed by atoms with Crippen LogP contribution >= 0.6 is 15.9 Å². The van der Waals surface area contributed by atoms with E-state index in [1.54, 1.807) is 0 Å². The molecule has 0 aliphatic carbocycles. The molecule has 2 aliphatic rings. The molecule has 2 aliphatic heterocycles. The first kappa shape index (κ1) is 11.7. The molecular formula is C14H18BrNO. The second-order valence-corrected chi connectivity index (χ2v) is 6.00. The van der Waals surface area contributed by atoms with Crippen LogP contribution in [0.15, 0.2) is 28.7 Å². The first-order valence-corrected chi connectivity index (χ1v) is 7.19. The third-order valence-electron chi connectivity index (χ3n) is 4.01. The highest BCUT2D eigenvalue weighted by atomic mass is 79.9. The molecule has 1 aromatic rings. The van der Waals surface area contributed by atoms with E-state index in [2.05, 4.69) is 45.1 Å². The molecule has 0 saturated carbocycles. The van der Waals surface area contributed by atoms with Crippen LogP contribution in [0.3, 0.4) is 0 Å². The van der Waals surface area contributed by atoms with Gasteiger partial charge in [-0.1, -0.05) is 34.5 Å². The Kier molecular flexibility index (Phi) is 3.24. The van der Waals surface area contributed by atoms with Gasteiger partial charge in [-0.15, -0.1) is 0 Å². The van der Waals surface area contributed by atoms with E-state index in [4.69, 9.17) is 4.74 Å². The predicted molar refractivity (Wildman–Crippen MR) is 72.1 cm³/mol. The van der Waals surface area contributed by atoms with Crippen molar-refractivity contribution in [2.24, 2.45) is 0 Å². The lowest BCUT2D eigenvalue weighted by Gasteiger charge is -2.51. The van der Waals surface area contributed by atoms with Crippen molar-refractivity contribution in [1.82, 2.24) is 4.90 Å². The lowest BCUT2D eigenvalue weighted by atomic mass is 9.84. The maximum absolute atomic E-state index is 5.53. The number of likely N-dealkylation sites (tertiary alicyclic amines) is 1. The van der Waals surface area contributed by atoms with Crippen molar-refractivity contribution in [3.63, 3.8) is 0 Å². The number of benzene rings is 1. The van der Waals surface area contributed by atoms with Crippen molar-refractivity contribution in [2.75, 3.05) is 26.3 Å². The van der Waals surface area contributed by atoms with Crippen LogP contribution in [-0.2, 0) is 10.3 Å². The van der Waals surface area contributed by atoms with Crippen LogP contribution in [0.5, 0.6) is 0 Å². The maximum atomic E-state index is 5.53. The van der Waals surface area contributed by atoms with E-state index in [0.717, 1.165) is 13.2 Å². The third kappa shape index (κ3) is 2.05. The molecule has 0 N–H and O–H groups in total. The Morgan fingerprint density at radius 1 is 1.12 bits per heavy atom. The summed E-state index contributed by atoms with van der Waals surface area (Å²) in [6.07, 6.45) is 4.04. The van der Waals surface area contributed by atoms with E-state index in [0.29, 0.717) is 0 Å². The Morgan fingerprint density at radius 2 is 1.88 bits per heavy atom. The molecule has 0 amide bonds. The largest absolute Gasteiger partial charge is 0.377 e. The summed E-state index contributed by atoms with van der Waals surface area (Å²) in [5, 5.41) is 0. The molecule has 0 atom stereocenters. The zero-order valence-electron chi connectivity index (χ0n) is 9.99. The predicted octanol–water partition coefficient (Wildman–Crippen LogP) is 3.16. The van der Waals surface area contributed by atoms with Crippen molar-refractivity contribution in [1.29, 1.82) is 0 Å². The standard InChI is InChI=1S/C14H18BrNO/c15-13-6-4-5-12(9-13)14(10-17-11-14)16-7-2-1-3-8-16/h4-6,9H,1-3,7-8,10-11H2. The van der Waals surface area contributed by atoms with Gasteiger partial charge in [-0.3, -0.25) is 4.90 Å². The number of nitrogens with zero attached hydrogens (tertiary/aromatic N) is 1. The zero-order valence-corrected chi connectivity index (χ0v) is 11.6. The first-order chi connectivity index (χ1) is 8.31. The summed E-state index contributed by atoms with van der Waals surface area (Å²) in [6, 6.07) is 8.70. The third-order valence-corrected chi connectivity index (χ3v) is 4.50. The molecule has 0 aromatic heterocycles. The van der Waals surface area contributed by atoms with Gasteiger partial charge >= 0.3 is 0 Å². The van der Waals surface area contributed by atoms with Crippen molar-refractivity contribution in [2.45, 2.75) is 24.8 Å². The van der Waals surface area contributed by atoms with Gasteiger partial charge in [0.1, 0.15) is 0 Å². The van der Waals surface area contributed by atoms with Crippen LogP contribution in [0.1, 0.15) is 24.8 Å². The lowest BCUT2D eigenvalue weighted by molar-refractivity contribution is -0.151. The average molecular weight is 296 g/mol. The minimum Gasteiger partial charge on any atom is -0.377 e. The van der Waals surface area contributed by atoms with Gasteiger partial charge in [-0.2, -0.15) is 0 Å². The molecule has 0 spiro atoms. The lowest BCUT2D eigenvalue weighted by Crippen LogP contribution is -2.60. The summed E-state index contributed by atoms with van der Waals surface area (Å²) in [4.78, 5) is 2.63. The second kappa shape index (κ2) is 4.71. The smallest absolute Gasteiger partial charge is 0.0934 e. The highest BCUT2D eigenvalue weighted by Crippen LogP contribution is 2.38. The molecule has 2 saturated heterocycles. The van der Waals surface area contributed by atoms with Gasteiger partial charge in [0, 0.05) is 4.47 Å². The van der Waals surface area contributed by atoms with Gasteiger partial charge in [0.2, 0.25) is 0 Å². The minimum absolute atomic E-state index is 0.157. The summed E-state index contributed by atoms with van der Waals surface area (Å²) in [6.45, 7) is 4.14. The van der Waals surface area contributed by atoms with Gasteiger partial charge < -0.3 is 4.74 Å². The number of halogens is 1. The van der Waals surface area contributed by atoms with Crippen LogP contribution in [-0.4, -0.2) is 31.2 Å². The van der Waals surface area contributed by atoms with Gasteiger partial charge in [-0.25, -0.2) is 0 Å². The van der Waals surface area contributed by atoms with Crippen LogP contribution in [0.2, 0.25) is 0 Å². The molecule has 0 bridgehead atoms. The zero-order chi connectivity index (χ0) is 11.7. The fraction of sp³-hybridized carbons (Fsp3) is 0.571. The molecule has 1 aromatic carbocycles. The number of rotatable bonds is 2. The van der Waals surface area contributed by atoms with Gasteiger partial charge in [0.15, 0.2) is 0 Å². The maximum Gasteiger partial charge on any atom is 0.0934 e. The number of piperidine rings is 1. The summed E-state index contributed by atoms with van der Waals surface area (Å²) in [5.41, 5.74) is 1.56. The molecule has 2 heterocycles. The number of hydrogen-bond acceptors (Lipinski definition) is 2. The summed E-state index contributed by atoms with van der Waals surface area (Å²) < 4.78 is 6.69. The van der Waals surface area contributed by atoms with E-state index in [-0.39, 0.29) is 5.54 Å². The van der Waals surface area contributed by atoms with E-state index >= 15 is 0 Å². The molecule has 92 valence electrons. The monoisotopic (exact) mass is 295 g/mol. The Labute approximate surface area is 111 Å². The molecule has 17 heavy (non-hydrogen) atoms. The normalized spacial score (nSPS) is 24.3. The molecule has 2 nitrogen and oxygen atoms in total. The fourth-order valence-electron chi connectivity index (χ4n) is 2.93. The highest BCUT2D eigenvalue weighted by Gasteiger charge is 2.45. The SMILES string of the molecule is Brc1cccc(C2(N3CCCCC3)COC2)c1. The van der Waals surface area contributed by atoms with Crippen molar-refractivity contribution >= 4 is 15.9 Å². The quantitative estimate of drug-likeness (QED) is 0.831. The number of hydrogen-bond donors (Lipinski definition) is 0. The van der Waals surface area contributed by atoms with E-state index < -0.39 is 0 Å². The Bertz CT molecular complexity index is 397. The summed E-state index contributed by atoms with van der Waals surface area (Å²) in [5.74, 6) is 0. The Hall–Kier alpha value is -0.380. The Balaban J connectivity index is 1.90. The molecule has 0 unspecified atom stereocenters. The topological polar surface area (TPSA) is 12.5 Å². The van der Waals surface area contributed by atoms with Crippen molar-refractivity contribution in [3.05, 3.63) is 34.3 Å². The molecule has 0 radical (unpaired) electrons. The van der Waals surface area contributed by atoms with Gasteiger partial charge in [0.05, 0.1) is 18.8 Å². The van der Waals surface area contributed by atoms with Crippen LogP contribution in [0, 0.1) is 0 Å². The molecule has 3 rings (SSSR count). The van der Waals surface area contributed by atoms with Crippen LogP contribution < -0.4 is 0 Å². The fourth-order valence-corrected chi connectivity index (χ4v) is 3.33. The summed E-state index contributed by atoms with van der Waals surface area (Å²) >= 11 is 3.57. The average Bonchev–Trinajstić information content (AvgIpc) is 2.29. The van der Waals surface area contributed by atoms with Gasteiger partial charge in [0.25, 0.3) is 0 Å². The van der Waals surface area contributed by atoms with Crippen molar-refractivity contribution in [3.8, 4) is 0 Å². The van der Waals surface area contributed by atoms with Gasteiger partial charge in [-0.05, 0) is 43.6 Å². The van der Waals surface area contributed by atoms with E-state index in [1.165, 1.54) is 42.4 Å². The minimum atomic E-state index is 0.157. The second-order valence-electron chi connectivity index (χ2n) is 5.08. The first-order valence-electron chi connectivity index (χ1n) is 6.40. The van der Waals surface area contributed by atoms with E-state index in [9.17, 15) is 0 Å². The Morgan fingerprint density at radius 3 is 2.47 bits per heavy atom.